The number of carbonyl (C=O) groups excluding carboxylic acids is 3. The molecule has 0 aliphatic carbocycles. The Morgan fingerprint density at radius 2 is 1.90 bits per heavy atom. The molecule has 0 radical (unpaired) electrons. The van der Waals surface area contributed by atoms with Gasteiger partial charge in [0.25, 0.3) is 5.69 Å². The molecule has 31 heavy (non-hydrogen) atoms. The molecule has 0 bridgehead atoms. The Labute approximate surface area is 182 Å². The minimum atomic E-state index is -1.04. The summed E-state index contributed by atoms with van der Waals surface area (Å²) in [6, 6.07) is 10.1. The molecule has 10 heteroatoms. The van der Waals surface area contributed by atoms with Crippen LogP contribution in [0.3, 0.4) is 0 Å². The van der Waals surface area contributed by atoms with Crippen LogP contribution in [-0.2, 0) is 14.3 Å². The normalized spacial score (nSPS) is 16.7. The van der Waals surface area contributed by atoms with E-state index < -0.39 is 22.9 Å². The number of Topliss-reactive ketones (excluding diaryl/α,β-unsaturated/α-hetero) is 1. The first-order valence-electron chi connectivity index (χ1n) is 9.34. The molecule has 162 valence electrons. The molecular formula is C21H19ClN2O7. The van der Waals surface area contributed by atoms with E-state index in [0.717, 1.165) is 0 Å². The number of hydrogen-bond donors (Lipinski definition) is 0. The second-order valence-electron chi connectivity index (χ2n) is 6.97. The summed E-state index contributed by atoms with van der Waals surface area (Å²) >= 11 is 5.81. The number of ketones is 1. The molecule has 1 fully saturated rings. The van der Waals surface area contributed by atoms with Crippen LogP contribution in [-0.4, -0.2) is 42.3 Å². The lowest BCUT2D eigenvalue weighted by Gasteiger charge is -2.19. The maximum Gasteiger partial charge on any atom is 0.312 e. The van der Waals surface area contributed by atoms with E-state index in [4.69, 9.17) is 21.1 Å². The Balaban J connectivity index is 1.69. The van der Waals surface area contributed by atoms with Crippen LogP contribution in [0.5, 0.6) is 5.75 Å². The van der Waals surface area contributed by atoms with E-state index in [-0.39, 0.29) is 36.1 Å². The van der Waals surface area contributed by atoms with Crippen molar-refractivity contribution in [2.45, 2.75) is 19.4 Å². The van der Waals surface area contributed by atoms with Gasteiger partial charge in [0, 0.05) is 29.6 Å². The van der Waals surface area contributed by atoms with E-state index in [1.165, 1.54) is 49.3 Å². The van der Waals surface area contributed by atoms with Gasteiger partial charge in [0.1, 0.15) is 5.75 Å². The molecule has 9 nitrogen and oxygen atoms in total. The maximum absolute atomic E-state index is 12.6. The molecule has 0 unspecified atom stereocenters. The van der Waals surface area contributed by atoms with Gasteiger partial charge >= 0.3 is 5.97 Å². The Morgan fingerprint density at radius 3 is 2.52 bits per heavy atom. The summed E-state index contributed by atoms with van der Waals surface area (Å²) < 4.78 is 10.5. The van der Waals surface area contributed by atoms with Crippen LogP contribution in [0.1, 0.15) is 23.7 Å². The molecule has 1 aliphatic heterocycles. The smallest absolute Gasteiger partial charge is 0.312 e. The average molecular weight is 447 g/mol. The minimum Gasteiger partial charge on any atom is -0.494 e. The van der Waals surface area contributed by atoms with E-state index in [9.17, 15) is 24.5 Å². The Morgan fingerprint density at radius 1 is 1.23 bits per heavy atom. The number of halogens is 1. The predicted molar refractivity (Wildman–Crippen MR) is 111 cm³/mol. The fourth-order valence-corrected chi connectivity index (χ4v) is 3.40. The van der Waals surface area contributed by atoms with E-state index in [2.05, 4.69) is 0 Å². The maximum atomic E-state index is 12.6. The van der Waals surface area contributed by atoms with Crippen molar-refractivity contribution in [2.24, 2.45) is 5.92 Å². The molecule has 0 spiro atoms. The molecule has 1 saturated heterocycles. The second kappa shape index (κ2) is 9.13. The summed E-state index contributed by atoms with van der Waals surface area (Å²) in [6.45, 7) is 1.47. The molecule has 1 amide bonds. The van der Waals surface area contributed by atoms with Gasteiger partial charge in [-0.05, 0) is 37.3 Å². The number of amides is 1. The molecular weight excluding hydrogens is 428 g/mol. The van der Waals surface area contributed by atoms with Gasteiger partial charge in [-0.1, -0.05) is 11.6 Å². The SMILES string of the molecule is COc1cc([N+](=O)[O-])ccc1N1C[C@H](C(=O)O[C@H](C)C(=O)c2ccc(Cl)cc2)CC1=O. The molecule has 3 rings (SSSR count). The number of anilines is 1. The number of rotatable bonds is 7. The molecule has 0 N–H and O–H groups in total. The number of nitro benzene ring substituents is 1. The third-order valence-electron chi connectivity index (χ3n) is 4.91. The molecule has 0 saturated carbocycles. The van der Waals surface area contributed by atoms with Gasteiger partial charge in [0.2, 0.25) is 11.7 Å². The van der Waals surface area contributed by atoms with Gasteiger partial charge < -0.3 is 14.4 Å². The zero-order chi connectivity index (χ0) is 22.7. The quantitative estimate of drug-likeness (QED) is 0.277. The van der Waals surface area contributed by atoms with Gasteiger partial charge in [0.15, 0.2) is 6.10 Å². The van der Waals surface area contributed by atoms with Gasteiger partial charge in [-0.25, -0.2) is 0 Å². The van der Waals surface area contributed by atoms with Crippen LogP contribution in [0.25, 0.3) is 0 Å². The number of nitrogens with zero attached hydrogens (tertiary/aromatic N) is 2. The predicted octanol–water partition coefficient (Wildman–Crippen LogP) is 3.42. The van der Waals surface area contributed by atoms with Crippen molar-refractivity contribution in [1.29, 1.82) is 0 Å². The lowest BCUT2D eigenvalue weighted by Crippen LogP contribution is -2.30. The largest absolute Gasteiger partial charge is 0.494 e. The summed E-state index contributed by atoms with van der Waals surface area (Å²) in [7, 11) is 1.33. The summed E-state index contributed by atoms with van der Waals surface area (Å²) in [4.78, 5) is 49.2. The van der Waals surface area contributed by atoms with Crippen molar-refractivity contribution in [2.75, 3.05) is 18.6 Å². The highest BCUT2D eigenvalue weighted by Gasteiger charge is 2.38. The number of benzene rings is 2. The number of nitro groups is 1. The van der Waals surface area contributed by atoms with E-state index in [1.54, 1.807) is 12.1 Å². The molecule has 1 aliphatic rings. The van der Waals surface area contributed by atoms with Crippen LogP contribution < -0.4 is 9.64 Å². The van der Waals surface area contributed by atoms with Crippen molar-refractivity contribution in [3.63, 3.8) is 0 Å². The van der Waals surface area contributed by atoms with Crippen LogP contribution >= 0.6 is 11.6 Å². The van der Waals surface area contributed by atoms with Crippen LogP contribution in [0.2, 0.25) is 5.02 Å². The summed E-state index contributed by atoms with van der Waals surface area (Å²) in [5, 5.41) is 11.4. The number of ether oxygens (including phenoxy) is 2. The first kappa shape index (κ1) is 22.2. The highest BCUT2D eigenvalue weighted by molar-refractivity contribution is 6.30. The summed E-state index contributed by atoms with van der Waals surface area (Å²) in [5.74, 6) is -2.06. The number of non-ortho nitro benzene ring substituents is 1. The van der Waals surface area contributed by atoms with Crippen LogP contribution in [0, 0.1) is 16.0 Å². The highest BCUT2D eigenvalue weighted by Crippen LogP contribution is 2.36. The number of esters is 1. The van der Waals surface area contributed by atoms with Crippen molar-refractivity contribution in [3.05, 3.63) is 63.2 Å². The van der Waals surface area contributed by atoms with Gasteiger partial charge in [-0.2, -0.15) is 0 Å². The molecule has 2 aromatic carbocycles. The lowest BCUT2D eigenvalue weighted by atomic mass is 10.1. The standard InChI is InChI=1S/C21H19ClN2O7/c1-12(20(26)13-3-5-15(22)6-4-13)31-21(27)14-9-19(25)23(11-14)17-8-7-16(24(28)29)10-18(17)30-2/h3-8,10,12,14H,9,11H2,1-2H3/t12-,14-/m1/s1. The monoisotopic (exact) mass is 446 g/mol. The number of carbonyl (C=O) groups is 3. The minimum absolute atomic E-state index is 0.00763. The average Bonchev–Trinajstić information content (AvgIpc) is 3.14. The highest BCUT2D eigenvalue weighted by atomic mass is 35.5. The number of methoxy groups -OCH3 is 1. The van der Waals surface area contributed by atoms with E-state index in [1.807, 2.05) is 0 Å². The van der Waals surface area contributed by atoms with Gasteiger partial charge in [-0.15, -0.1) is 0 Å². The zero-order valence-electron chi connectivity index (χ0n) is 16.7. The Kier molecular flexibility index (Phi) is 6.55. The van der Waals surface area contributed by atoms with Crippen molar-refractivity contribution in [1.82, 2.24) is 0 Å². The topological polar surface area (TPSA) is 116 Å². The molecule has 1 heterocycles. The molecule has 2 aromatic rings. The summed E-state index contributed by atoms with van der Waals surface area (Å²) in [6.07, 6.45) is -1.15. The van der Waals surface area contributed by atoms with Crippen LogP contribution in [0.15, 0.2) is 42.5 Å². The van der Waals surface area contributed by atoms with E-state index in [0.29, 0.717) is 16.3 Å². The second-order valence-corrected chi connectivity index (χ2v) is 7.41. The van der Waals surface area contributed by atoms with Crippen LogP contribution in [0.4, 0.5) is 11.4 Å². The Hall–Kier alpha value is -3.46. The fourth-order valence-electron chi connectivity index (χ4n) is 3.27. The first-order chi connectivity index (χ1) is 14.7. The van der Waals surface area contributed by atoms with Gasteiger partial charge in [0.05, 0.1) is 29.7 Å². The van der Waals surface area contributed by atoms with E-state index >= 15 is 0 Å². The third-order valence-corrected chi connectivity index (χ3v) is 5.17. The fraction of sp³-hybridized carbons (Fsp3) is 0.286. The molecule has 0 aromatic heterocycles. The van der Waals surface area contributed by atoms with Crippen molar-refractivity contribution in [3.8, 4) is 5.75 Å². The lowest BCUT2D eigenvalue weighted by molar-refractivity contribution is -0.384. The third kappa shape index (κ3) is 4.83. The Bertz CT molecular complexity index is 1040. The molecule has 2 atom stereocenters. The summed E-state index contributed by atoms with van der Waals surface area (Å²) in [5.41, 5.74) is 0.487. The first-order valence-corrected chi connectivity index (χ1v) is 9.72. The zero-order valence-corrected chi connectivity index (χ0v) is 17.5. The van der Waals surface area contributed by atoms with Crippen molar-refractivity contribution < 1.29 is 28.8 Å². The number of hydrogen-bond acceptors (Lipinski definition) is 7. The van der Waals surface area contributed by atoms with Gasteiger partial charge in [-0.3, -0.25) is 24.5 Å². The van der Waals surface area contributed by atoms with Crippen molar-refractivity contribution >= 4 is 40.6 Å².